The van der Waals surface area contributed by atoms with Gasteiger partial charge in [0.1, 0.15) is 47.1 Å². The number of alkyl halides is 3. The predicted octanol–water partition coefficient (Wildman–Crippen LogP) is 6.09. The number of amides is 1. The lowest BCUT2D eigenvalue weighted by molar-refractivity contribution is -0.138. The second-order valence-electron chi connectivity index (χ2n) is 15.9. The molecule has 1 aliphatic carbocycles. The number of halogens is 5. The van der Waals surface area contributed by atoms with Crippen LogP contribution in [0.3, 0.4) is 0 Å². The molecular weight excluding hydrogens is 721 g/mol. The van der Waals surface area contributed by atoms with E-state index in [1.54, 1.807) is 18.1 Å². The lowest BCUT2D eigenvalue weighted by Gasteiger charge is -2.42. The molecule has 0 radical (unpaired) electrons. The van der Waals surface area contributed by atoms with E-state index in [-0.39, 0.29) is 76.7 Å². The number of carbonyl (C=O) groups is 1. The molecule has 1 amide bonds. The first kappa shape index (κ1) is 34.3. The fraction of sp³-hybridized carbons (Fsp3) is 0.450. The number of piperazine rings is 1. The summed E-state index contributed by atoms with van der Waals surface area (Å²) in [5.41, 5.74) is -0.586. The maximum atomic E-state index is 17.7. The molecule has 4 aliphatic heterocycles. The van der Waals surface area contributed by atoms with Gasteiger partial charge in [-0.3, -0.25) is 14.4 Å². The highest BCUT2D eigenvalue weighted by Crippen LogP contribution is 2.52. The van der Waals surface area contributed by atoms with Gasteiger partial charge in [0.05, 0.1) is 16.5 Å². The summed E-state index contributed by atoms with van der Waals surface area (Å²) in [5, 5.41) is 16.8. The molecule has 4 saturated heterocycles. The van der Waals surface area contributed by atoms with Crippen LogP contribution in [0.2, 0.25) is 0 Å². The molecule has 3 aromatic carbocycles. The zero-order valence-corrected chi connectivity index (χ0v) is 29.8. The fourth-order valence-electron chi connectivity index (χ4n) is 9.96. The van der Waals surface area contributed by atoms with Gasteiger partial charge >= 0.3 is 6.01 Å². The first-order valence-corrected chi connectivity index (χ1v) is 18.6. The average molecular weight is 758 g/mol. The molecule has 0 unspecified atom stereocenters. The number of benzene rings is 3. The first-order chi connectivity index (χ1) is 26.4. The molecule has 10 rings (SSSR count). The average Bonchev–Trinajstić information content (AvgIpc) is 3.49. The van der Waals surface area contributed by atoms with E-state index in [2.05, 4.69) is 20.9 Å². The minimum Gasteiger partial charge on any atom is -0.508 e. The van der Waals surface area contributed by atoms with Crippen molar-refractivity contribution in [2.24, 2.45) is 13.0 Å². The number of fused-ring (bicyclic) bond motifs is 7. The van der Waals surface area contributed by atoms with Crippen molar-refractivity contribution in [3.05, 3.63) is 47.7 Å². The van der Waals surface area contributed by atoms with Crippen molar-refractivity contribution in [3.8, 4) is 35.2 Å². The quantitative estimate of drug-likeness (QED) is 0.164. The predicted molar refractivity (Wildman–Crippen MR) is 194 cm³/mol. The van der Waals surface area contributed by atoms with E-state index in [4.69, 9.17) is 16.1 Å². The van der Waals surface area contributed by atoms with Gasteiger partial charge in [0, 0.05) is 74.1 Å². The second-order valence-corrected chi connectivity index (χ2v) is 15.9. The Morgan fingerprint density at radius 3 is 2.56 bits per heavy atom. The van der Waals surface area contributed by atoms with Gasteiger partial charge in [-0.25, -0.2) is 22.0 Å². The summed E-state index contributed by atoms with van der Waals surface area (Å²) in [7, 11) is 1.67. The van der Waals surface area contributed by atoms with Gasteiger partial charge in [-0.05, 0) is 61.4 Å². The van der Waals surface area contributed by atoms with E-state index >= 15 is 8.78 Å². The molecule has 5 fully saturated rings. The number of ether oxygens (including phenoxy) is 1. The molecule has 284 valence electrons. The number of carbonyl (C=O) groups excluding carboxylic acids is 1. The molecule has 5 atom stereocenters. The van der Waals surface area contributed by atoms with Gasteiger partial charge in [-0.1, -0.05) is 12.0 Å². The molecule has 2 aromatic heterocycles. The number of nitrogens with zero attached hydrogens (tertiary/aromatic N) is 7. The second kappa shape index (κ2) is 11.9. The van der Waals surface area contributed by atoms with Crippen LogP contribution < -0.4 is 9.64 Å². The summed E-state index contributed by atoms with van der Waals surface area (Å²) in [4.78, 5) is 28.5. The Kier molecular flexibility index (Phi) is 7.41. The molecule has 1 N–H and O–H groups in total. The third kappa shape index (κ3) is 5.16. The molecule has 10 nitrogen and oxygen atoms in total. The Hall–Kier alpha value is -5.23. The van der Waals surface area contributed by atoms with Crippen LogP contribution in [0.1, 0.15) is 44.1 Å². The molecule has 1 saturated carbocycles. The van der Waals surface area contributed by atoms with Gasteiger partial charge in [-0.2, -0.15) is 15.1 Å². The van der Waals surface area contributed by atoms with Gasteiger partial charge in [0.2, 0.25) is 5.91 Å². The van der Waals surface area contributed by atoms with Crippen molar-refractivity contribution in [2.45, 2.75) is 68.2 Å². The van der Waals surface area contributed by atoms with Crippen molar-refractivity contribution in [3.63, 3.8) is 0 Å². The van der Waals surface area contributed by atoms with Crippen LogP contribution in [0.25, 0.3) is 43.7 Å². The highest BCUT2D eigenvalue weighted by Gasteiger charge is 2.64. The smallest absolute Gasteiger partial charge is 0.319 e. The van der Waals surface area contributed by atoms with E-state index < -0.39 is 47.5 Å². The maximum absolute atomic E-state index is 17.7. The summed E-state index contributed by atoms with van der Waals surface area (Å²) in [6.07, 6.45) is 9.15. The van der Waals surface area contributed by atoms with Gasteiger partial charge in [0.15, 0.2) is 5.82 Å². The lowest BCUT2D eigenvalue weighted by atomic mass is 9.91. The van der Waals surface area contributed by atoms with Crippen LogP contribution in [-0.4, -0.2) is 103 Å². The number of aromatic nitrogens is 4. The van der Waals surface area contributed by atoms with Crippen LogP contribution in [-0.2, 0) is 11.8 Å². The number of rotatable bonds is 6. The maximum Gasteiger partial charge on any atom is 0.319 e. The monoisotopic (exact) mass is 757 g/mol. The van der Waals surface area contributed by atoms with Crippen molar-refractivity contribution < 1.29 is 36.6 Å². The first-order valence-electron chi connectivity index (χ1n) is 18.6. The van der Waals surface area contributed by atoms with Crippen molar-refractivity contribution >= 4 is 44.3 Å². The Bertz CT molecular complexity index is 2510. The topological polar surface area (TPSA) is 99.9 Å². The van der Waals surface area contributed by atoms with E-state index in [0.717, 1.165) is 19.4 Å². The number of aryl methyl sites for hydroxylation is 1. The largest absolute Gasteiger partial charge is 0.508 e. The summed E-state index contributed by atoms with van der Waals surface area (Å²) in [6.45, 7) is 1.62. The summed E-state index contributed by atoms with van der Waals surface area (Å²) in [6, 6.07) is 4.50. The molecule has 0 spiro atoms. The number of aromatic hydroxyl groups is 1. The zero-order valence-electron chi connectivity index (χ0n) is 29.8. The van der Waals surface area contributed by atoms with Crippen LogP contribution in [0.4, 0.5) is 27.8 Å². The van der Waals surface area contributed by atoms with E-state index in [1.165, 1.54) is 28.9 Å². The van der Waals surface area contributed by atoms with E-state index in [1.807, 2.05) is 4.90 Å². The summed E-state index contributed by atoms with van der Waals surface area (Å²) >= 11 is 0. The van der Waals surface area contributed by atoms with Crippen LogP contribution in [0.5, 0.6) is 11.8 Å². The normalized spacial score (nSPS) is 27.0. The molecule has 5 aliphatic rings. The Balaban J connectivity index is 1.16. The highest BCUT2D eigenvalue weighted by molar-refractivity contribution is 6.18. The fourth-order valence-corrected chi connectivity index (χ4v) is 9.96. The molecule has 2 bridgehead atoms. The highest BCUT2D eigenvalue weighted by atomic mass is 19.3. The minimum atomic E-state index is -2.99. The number of anilines is 1. The van der Waals surface area contributed by atoms with Crippen molar-refractivity contribution in [1.82, 2.24) is 29.5 Å². The van der Waals surface area contributed by atoms with Crippen molar-refractivity contribution in [1.29, 1.82) is 0 Å². The van der Waals surface area contributed by atoms with E-state index in [9.17, 15) is 23.1 Å². The van der Waals surface area contributed by atoms with Gasteiger partial charge < -0.3 is 19.6 Å². The molecule has 15 heteroatoms. The zero-order chi connectivity index (χ0) is 38.1. The number of hydrogen-bond donors (Lipinski definition) is 1. The third-order valence-electron chi connectivity index (χ3n) is 12.5. The van der Waals surface area contributed by atoms with Crippen LogP contribution in [0.15, 0.2) is 30.5 Å². The molecule has 5 aromatic rings. The Morgan fingerprint density at radius 1 is 1.07 bits per heavy atom. The van der Waals surface area contributed by atoms with Crippen molar-refractivity contribution in [2.75, 3.05) is 37.7 Å². The lowest BCUT2D eigenvalue weighted by Crippen LogP contribution is -2.56. The van der Waals surface area contributed by atoms with Crippen LogP contribution in [0, 0.1) is 29.9 Å². The number of hydrogen-bond acceptors (Lipinski definition) is 8. The molecular formula is C40H36F5N7O3. The Labute approximate surface area is 311 Å². The summed E-state index contributed by atoms with van der Waals surface area (Å²) in [5.74, 6) is -3.88. The Morgan fingerprint density at radius 2 is 1.84 bits per heavy atom. The third-order valence-corrected chi connectivity index (χ3v) is 12.5. The number of terminal acetylenes is 1. The minimum absolute atomic E-state index is 0.0702. The van der Waals surface area contributed by atoms with E-state index in [0.29, 0.717) is 47.8 Å². The van der Waals surface area contributed by atoms with Gasteiger partial charge in [-0.15, -0.1) is 6.42 Å². The SMILES string of the molecule is C#Cc1c(F)ccc2cc(O)cc(-c3c(F)c4nc(OC[C@@]56CCCN5C[C@H](F)C6)nc(N5C[C@H]6CC[C@@H](C5)N6C(=O)[C@@H]5CC5(F)F)c4c4cn(C)nc34)c12. The van der Waals surface area contributed by atoms with Crippen LogP contribution >= 0.6 is 0 Å². The molecule has 55 heavy (non-hydrogen) atoms. The number of phenols is 1. The number of phenolic OH excluding ortho intramolecular Hbond substituents is 1. The summed E-state index contributed by atoms with van der Waals surface area (Å²) < 4.78 is 83.5. The molecule has 6 heterocycles. The van der Waals surface area contributed by atoms with Gasteiger partial charge in [0.25, 0.3) is 5.92 Å². The standard InChI is InChI=1S/C40H36F5N7O3/c1-3-25-29(42)8-5-20-11-24(53)12-26(30(20)25)31-33(43)35-32(27-18-49(2)48-34(27)31)36(47-38(46-35)55-19-39-9-4-10-51(39)15-21(41)13-39)50-16-22-6-7-23(17-50)52(22)37(54)28-14-40(28,44)45/h1,5,8,11-12,18,21-23,28,53H,4,6-7,9-10,13-17,19H2,2H3/t21-,22-,23+,28+,39+/m1/s1.